The van der Waals surface area contributed by atoms with Crippen LogP contribution in [0.5, 0.6) is 0 Å². The van der Waals surface area contributed by atoms with E-state index in [1.165, 1.54) is 4.31 Å². The Morgan fingerprint density at radius 1 is 0.963 bits per heavy atom. The highest BCUT2D eigenvalue weighted by atomic mass is 32.2. The van der Waals surface area contributed by atoms with Gasteiger partial charge in [-0.15, -0.1) is 0 Å². The lowest BCUT2D eigenvalue weighted by Crippen LogP contribution is -2.35. The molecule has 2 rings (SSSR count). The minimum absolute atomic E-state index is 0.0934. The molecule has 2 aromatic carbocycles. The van der Waals surface area contributed by atoms with Gasteiger partial charge in [0.2, 0.25) is 15.9 Å². The topological polar surface area (TPSA) is 66.5 Å². The van der Waals surface area contributed by atoms with Gasteiger partial charge >= 0.3 is 0 Å². The van der Waals surface area contributed by atoms with E-state index in [1.54, 1.807) is 12.1 Å². The summed E-state index contributed by atoms with van der Waals surface area (Å²) >= 11 is 0. The summed E-state index contributed by atoms with van der Waals surface area (Å²) < 4.78 is 25.7. The van der Waals surface area contributed by atoms with Gasteiger partial charge in [-0.1, -0.05) is 56.3 Å². The predicted molar refractivity (Wildman–Crippen MR) is 110 cm³/mol. The number of rotatable bonds is 8. The second-order valence-corrected chi connectivity index (χ2v) is 8.94. The predicted octanol–water partition coefficient (Wildman–Crippen LogP) is 3.84. The number of sulfonamides is 1. The van der Waals surface area contributed by atoms with E-state index in [-0.39, 0.29) is 24.9 Å². The van der Waals surface area contributed by atoms with Crippen molar-refractivity contribution in [3.8, 4) is 0 Å². The van der Waals surface area contributed by atoms with Crippen LogP contribution in [0.4, 0.5) is 5.69 Å². The second-order valence-electron chi connectivity index (χ2n) is 7.03. The summed E-state index contributed by atoms with van der Waals surface area (Å²) in [6, 6.07) is 17.0. The molecule has 0 aliphatic rings. The third kappa shape index (κ3) is 6.10. The van der Waals surface area contributed by atoms with Gasteiger partial charge in [0.15, 0.2) is 0 Å². The Labute approximate surface area is 162 Å². The number of anilines is 1. The first-order valence-electron chi connectivity index (χ1n) is 9.10. The lowest BCUT2D eigenvalue weighted by molar-refractivity contribution is -0.121. The zero-order chi connectivity index (χ0) is 20.0. The van der Waals surface area contributed by atoms with Crippen LogP contribution in [0.25, 0.3) is 0 Å². The van der Waals surface area contributed by atoms with Crippen LogP contribution in [-0.4, -0.2) is 27.1 Å². The molecule has 6 heteroatoms. The summed E-state index contributed by atoms with van der Waals surface area (Å²) in [5, 5.41) is 2.92. The van der Waals surface area contributed by atoms with E-state index in [0.29, 0.717) is 11.6 Å². The average molecular weight is 389 g/mol. The largest absolute Gasteiger partial charge is 0.350 e. The van der Waals surface area contributed by atoms with Gasteiger partial charge in [0.1, 0.15) is 0 Å². The first kappa shape index (κ1) is 21.0. The molecular weight excluding hydrogens is 360 g/mol. The van der Waals surface area contributed by atoms with Crippen LogP contribution in [0.15, 0.2) is 54.6 Å². The van der Waals surface area contributed by atoms with Crippen LogP contribution in [-0.2, 0) is 14.8 Å². The molecular formula is C21H28N2O3S. The molecule has 1 unspecified atom stereocenters. The van der Waals surface area contributed by atoms with Crippen molar-refractivity contribution in [1.29, 1.82) is 0 Å². The van der Waals surface area contributed by atoms with Gasteiger partial charge in [-0.2, -0.15) is 0 Å². The van der Waals surface area contributed by atoms with E-state index in [4.69, 9.17) is 0 Å². The molecule has 146 valence electrons. The van der Waals surface area contributed by atoms with E-state index in [9.17, 15) is 13.2 Å². The first-order chi connectivity index (χ1) is 12.7. The number of amides is 1. The van der Waals surface area contributed by atoms with Gasteiger partial charge in [-0.25, -0.2) is 8.42 Å². The Bertz CT molecular complexity index is 847. The highest BCUT2D eigenvalue weighted by molar-refractivity contribution is 7.92. The molecule has 1 amide bonds. The number of nitrogens with zero attached hydrogens (tertiary/aromatic N) is 1. The van der Waals surface area contributed by atoms with E-state index >= 15 is 0 Å². The van der Waals surface area contributed by atoms with E-state index in [1.807, 2.05) is 49.4 Å². The molecule has 0 aromatic heterocycles. The molecule has 0 saturated heterocycles. The lowest BCUT2D eigenvalue weighted by Gasteiger charge is -2.23. The summed E-state index contributed by atoms with van der Waals surface area (Å²) in [4.78, 5) is 12.3. The maximum absolute atomic E-state index is 12.3. The molecule has 0 saturated carbocycles. The molecule has 5 nitrogen and oxygen atoms in total. The third-order valence-electron chi connectivity index (χ3n) is 4.47. The molecule has 0 bridgehead atoms. The zero-order valence-corrected chi connectivity index (χ0v) is 17.2. The monoisotopic (exact) mass is 388 g/mol. The SMILES string of the molecule is CC(C)c1ccc(N(CCC(=O)NC(C)c2ccccc2)S(C)(=O)=O)cc1. The van der Waals surface area contributed by atoms with Crippen molar-refractivity contribution < 1.29 is 13.2 Å². The van der Waals surface area contributed by atoms with Crippen molar-refractivity contribution in [2.75, 3.05) is 17.1 Å². The summed E-state index contributed by atoms with van der Waals surface area (Å²) in [6.45, 7) is 6.18. The van der Waals surface area contributed by atoms with Crippen molar-refractivity contribution in [2.45, 2.75) is 39.2 Å². The van der Waals surface area contributed by atoms with Crippen LogP contribution in [0.1, 0.15) is 50.3 Å². The molecule has 2 aromatic rings. The molecule has 0 aliphatic carbocycles. The fraction of sp³-hybridized carbons (Fsp3) is 0.381. The van der Waals surface area contributed by atoms with Gasteiger partial charge in [-0.05, 0) is 36.1 Å². The summed E-state index contributed by atoms with van der Waals surface area (Å²) in [6.07, 6.45) is 1.25. The van der Waals surface area contributed by atoms with E-state index in [2.05, 4.69) is 19.2 Å². The Balaban J connectivity index is 2.03. The summed E-state index contributed by atoms with van der Waals surface area (Å²) in [5.74, 6) is 0.190. The Morgan fingerprint density at radius 3 is 2.07 bits per heavy atom. The zero-order valence-electron chi connectivity index (χ0n) is 16.3. The molecule has 0 radical (unpaired) electrons. The Morgan fingerprint density at radius 2 is 1.56 bits per heavy atom. The van der Waals surface area contributed by atoms with Gasteiger partial charge in [-0.3, -0.25) is 9.10 Å². The molecule has 1 N–H and O–H groups in total. The van der Waals surface area contributed by atoms with Crippen LogP contribution in [0.2, 0.25) is 0 Å². The van der Waals surface area contributed by atoms with E-state index < -0.39 is 10.0 Å². The van der Waals surface area contributed by atoms with Gasteiger partial charge in [0.25, 0.3) is 0 Å². The van der Waals surface area contributed by atoms with Crippen LogP contribution < -0.4 is 9.62 Å². The van der Waals surface area contributed by atoms with E-state index in [0.717, 1.165) is 17.4 Å². The number of nitrogens with one attached hydrogen (secondary N) is 1. The summed E-state index contributed by atoms with van der Waals surface area (Å²) in [5.41, 5.74) is 2.72. The number of benzene rings is 2. The highest BCUT2D eigenvalue weighted by Crippen LogP contribution is 2.22. The molecule has 0 spiro atoms. The van der Waals surface area contributed by atoms with Crippen molar-refractivity contribution in [3.05, 3.63) is 65.7 Å². The second kappa shape index (κ2) is 9.04. The standard InChI is InChI=1S/C21H28N2O3S/c1-16(2)18-10-12-20(13-11-18)23(27(4,25)26)15-14-21(24)22-17(3)19-8-6-5-7-9-19/h5-13,16-17H,14-15H2,1-4H3,(H,22,24). The third-order valence-corrected chi connectivity index (χ3v) is 5.66. The van der Waals surface area contributed by atoms with Crippen molar-refractivity contribution >= 4 is 21.6 Å². The molecule has 0 heterocycles. The lowest BCUT2D eigenvalue weighted by atomic mass is 10.0. The van der Waals surface area contributed by atoms with Gasteiger partial charge < -0.3 is 5.32 Å². The normalized spacial score (nSPS) is 12.6. The van der Waals surface area contributed by atoms with Gasteiger partial charge in [0.05, 0.1) is 18.0 Å². The maximum Gasteiger partial charge on any atom is 0.232 e. The summed E-state index contributed by atoms with van der Waals surface area (Å²) in [7, 11) is -3.47. The fourth-order valence-corrected chi connectivity index (χ4v) is 3.78. The Kier molecular flexibility index (Phi) is 7.02. The van der Waals surface area contributed by atoms with Gasteiger partial charge in [0, 0.05) is 13.0 Å². The minimum atomic E-state index is -3.47. The highest BCUT2D eigenvalue weighted by Gasteiger charge is 2.19. The minimum Gasteiger partial charge on any atom is -0.350 e. The van der Waals surface area contributed by atoms with Crippen molar-refractivity contribution in [2.24, 2.45) is 0 Å². The molecule has 1 atom stereocenters. The molecule has 0 fully saturated rings. The molecule has 27 heavy (non-hydrogen) atoms. The van der Waals surface area contributed by atoms with Crippen LogP contribution >= 0.6 is 0 Å². The quantitative estimate of drug-likeness (QED) is 0.747. The molecule has 0 aliphatic heterocycles. The number of carbonyl (C=O) groups is 1. The number of hydrogen-bond acceptors (Lipinski definition) is 3. The fourth-order valence-electron chi connectivity index (χ4n) is 2.85. The average Bonchev–Trinajstić information content (AvgIpc) is 2.61. The van der Waals surface area contributed by atoms with Crippen LogP contribution in [0.3, 0.4) is 0 Å². The van der Waals surface area contributed by atoms with Crippen molar-refractivity contribution in [3.63, 3.8) is 0 Å². The number of hydrogen-bond donors (Lipinski definition) is 1. The maximum atomic E-state index is 12.3. The van der Waals surface area contributed by atoms with Crippen LogP contribution in [0, 0.1) is 0 Å². The Hall–Kier alpha value is -2.34. The number of carbonyl (C=O) groups excluding carboxylic acids is 1. The van der Waals surface area contributed by atoms with Crippen molar-refractivity contribution in [1.82, 2.24) is 5.32 Å². The first-order valence-corrected chi connectivity index (χ1v) is 11.0. The smallest absolute Gasteiger partial charge is 0.232 e.